The lowest BCUT2D eigenvalue weighted by molar-refractivity contribution is 0.507. The molecule has 0 spiro atoms. The molecule has 0 saturated carbocycles. The summed E-state index contributed by atoms with van der Waals surface area (Å²) in [6.07, 6.45) is 0. The van der Waals surface area contributed by atoms with Crippen molar-refractivity contribution in [2.75, 3.05) is 0 Å². The maximum atomic E-state index is 13.4. The van der Waals surface area contributed by atoms with Gasteiger partial charge in [-0.1, -0.05) is 84.4 Å². The maximum Gasteiger partial charge on any atom is 0.281 e. The second-order valence-electron chi connectivity index (χ2n) is 7.25. The summed E-state index contributed by atoms with van der Waals surface area (Å²) in [6.45, 7) is 2.01. The van der Waals surface area contributed by atoms with Gasteiger partial charge in [0.1, 0.15) is 5.75 Å². The average Bonchev–Trinajstić information content (AvgIpc) is 2.80. The van der Waals surface area contributed by atoms with Gasteiger partial charge in [-0.05, 0) is 59.2 Å². The minimum absolute atomic E-state index is 0.186. The fourth-order valence-corrected chi connectivity index (χ4v) is 8.83. The first-order chi connectivity index (χ1) is 15.0. The van der Waals surface area contributed by atoms with Gasteiger partial charge in [-0.3, -0.25) is 0 Å². The highest BCUT2D eigenvalue weighted by Gasteiger charge is 2.37. The van der Waals surface area contributed by atoms with Crippen molar-refractivity contribution in [3.63, 3.8) is 0 Å². The summed E-state index contributed by atoms with van der Waals surface area (Å²) in [5, 5.41) is 0. The predicted octanol–water partition coefficient (Wildman–Crippen LogP) is 6.74. The van der Waals surface area contributed by atoms with Crippen LogP contribution in [0.1, 0.15) is 11.1 Å². The molecule has 0 saturated heterocycles. The molecule has 4 aromatic rings. The van der Waals surface area contributed by atoms with Crippen molar-refractivity contribution in [3.05, 3.63) is 126 Å². The van der Waals surface area contributed by atoms with Crippen molar-refractivity contribution >= 4 is 20.4 Å². The van der Waals surface area contributed by atoms with Gasteiger partial charge in [-0.25, -0.2) is 3.63 Å². The molecular weight excluding hydrogens is 424 g/mol. The van der Waals surface area contributed by atoms with Crippen molar-refractivity contribution in [2.24, 2.45) is 0 Å². The Morgan fingerprint density at radius 2 is 1.00 bits per heavy atom. The van der Waals surface area contributed by atoms with Crippen LogP contribution < -0.4 is 0 Å². The molecule has 4 rings (SSSR count). The number of hydrogen-bond acceptors (Lipinski definition) is 3. The topological polar surface area (TPSA) is 43.4 Å². The largest absolute Gasteiger partial charge is 0.281 e. The Balaban J connectivity index is 1.92. The fourth-order valence-electron chi connectivity index (χ4n) is 3.44. The summed E-state index contributed by atoms with van der Waals surface area (Å²) in [4.78, 5) is 2.51. The van der Waals surface area contributed by atoms with Crippen molar-refractivity contribution in [2.45, 2.75) is 27.4 Å². The van der Waals surface area contributed by atoms with E-state index in [0.29, 0.717) is 5.56 Å². The van der Waals surface area contributed by atoms with Gasteiger partial charge >= 0.3 is 0 Å². The van der Waals surface area contributed by atoms with Crippen LogP contribution in [0.25, 0.3) is 0 Å². The molecular formula is C26H24O3S2. The first-order valence-corrected chi connectivity index (χ1v) is 13.1. The summed E-state index contributed by atoms with van der Waals surface area (Å²) < 4.78 is 33.1. The summed E-state index contributed by atoms with van der Waals surface area (Å²) in [5.74, 6) is -0.186. The summed E-state index contributed by atoms with van der Waals surface area (Å²) in [6, 6.07) is 36.4. The Hall–Kier alpha value is -2.86. The molecule has 0 amide bonds. The van der Waals surface area contributed by atoms with E-state index in [1.165, 1.54) is 0 Å². The van der Waals surface area contributed by atoms with E-state index in [4.69, 9.17) is 3.63 Å². The second-order valence-corrected chi connectivity index (χ2v) is 11.7. The van der Waals surface area contributed by atoms with Gasteiger partial charge < -0.3 is 0 Å². The van der Waals surface area contributed by atoms with E-state index in [2.05, 4.69) is 0 Å². The van der Waals surface area contributed by atoms with Crippen LogP contribution in [0, 0.1) is 6.92 Å². The Morgan fingerprint density at radius 1 is 0.581 bits per heavy atom. The van der Waals surface area contributed by atoms with Crippen LogP contribution in [-0.4, -0.2) is 8.42 Å². The fraction of sp³-hybridized carbons (Fsp3) is 0.0769. The summed E-state index contributed by atoms with van der Waals surface area (Å²) in [7, 11) is -6.42. The number of hydrogen-bond donors (Lipinski definition) is 0. The Kier molecular flexibility index (Phi) is 6.28. The number of benzene rings is 4. The van der Waals surface area contributed by atoms with Gasteiger partial charge in [0, 0.05) is 14.7 Å². The molecule has 31 heavy (non-hydrogen) atoms. The minimum Gasteiger partial charge on any atom is -0.206 e. The number of aryl methyl sites for hydroxylation is 1. The molecule has 158 valence electrons. The van der Waals surface area contributed by atoms with Crippen molar-refractivity contribution in [1.82, 2.24) is 0 Å². The van der Waals surface area contributed by atoms with E-state index in [0.717, 1.165) is 20.2 Å². The Labute approximate surface area is 186 Å². The van der Waals surface area contributed by atoms with Gasteiger partial charge in [0.2, 0.25) is 0 Å². The third kappa shape index (κ3) is 4.74. The van der Waals surface area contributed by atoms with Crippen LogP contribution in [0.4, 0.5) is 0 Å². The monoisotopic (exact) mass is 448 g/mol. The van der Waals surface area contributed by atoms with Crippen molar-refractivity contribution in [1.29, 1.82) is 0 Å². The first-order valence-electron chi connectivity index (χ1n) is 9.97. The Morgan fingerprint density at radius 3 is 1.48 bits per heavy atom. The van der Waals surface area contributed by atoms with E-state index in [1.807, 2.05) is 110 Å². The lowest BCUT2D eigenvalue weighted by atomic mass is 10.2. The molecule has 0 heterocycles. The second kappa shape index (κ2) is 9.10. The molecule has 0 aliphatic rings. The van der Waals surface area contributed by atoms with Gasteiger partial charge in [-0.15, -0.1) is 0 Å². The zero-order chi connectivity index (χ0) is 21.7. The number of rotatable bonds is 7. The van der Waals surface area contributed by atoms with Crippen LogP contribution in [-0.2, 0) is 19.5 Å². The first kappa shape index (κ1) is 21.4. The third-order valence-electron chi connectivity index (χ3n) is 4.90. The smallest absolute Gasteiger partial charge is 0.206 e. The van der Waals surface area contributed by atoms with Gasteiger partial charge in [0.05, 0.1) is 0 Å². The van der Waals surface area contributed by atoms with Crippen LogP contribution in [0.15, 0.2) is 130 Å². The zero-order valence-corrected chi connectivity index (χ0v) is 18.9. The molecule has 0 aliphatic heterocycles. The van der Waals surface area contributed by atoms with E-state index in [9.17, 15) is 8.42 Å². The molecule has 0 atom stereocenters. The van der Waals surface area contributed by atoms with Crippen LogP contribution >= 0.6 is 10.3 Å². The molecule has 0 aliphatic carbocycles. The Bertz CT molecular complexity index is 1180. The third-order valence-corrected chi connectivity index (χ3v) is 10.0. The lowest BCUT2D eigenvalue weighted by Gasteiger charge is -2.39. The molecule has 3 nitrogen and oxygen atoms in total. The minimum atomic E-state index is -3.91. The maximum absolute atomic E-state index is 13.4. The molecule has 0 bridgehead atoms. The molecule has 0 aromatic heterocycles. The average molecular weight is 449 g/mol. The highest BCUT2D eigenvalue weighted by Crippen LogP contribution is 2.70. The van der Waals surface area contributed by atoms with Gasteiger partial charge in [-0.2, -0.15) is 8.42 Å². The molecule has 0 radical (unpaired) electrons. The summed E-state index contributed by atoms with van der Waals surface area (Å²) >= 11 is 0. The van der Waals surface area contributed by atoms with Crippen LogP contribution in [0.3, 0.4) is 0 Å². The van der Waals surface area contributed by atoms with Gasteiger partial charge in [0.25, 0.3) is 10.1 Å². The predicted molar refractivity (Wildman–Crippen MR) is 127 cm³/mol. The lowest BCUT2D eigenvalue weighted by Crippen LogP contribution is -2.15. The van der Waals surface area contributed by atoms with E-state index in [1.54, 1.807) is 12.1 Å². The highest BCUT2D eigenvalue weighted by atomic mass is 32.3. The normalized spacial score (nSPS) is 12.4. The standard InChI is InChI=1S/C26H24O3S2/c1-22-17-19-26(20-18-22)31(24-13-7-3-8-14-24,25-15-9-4-10-16-25)29-30(27,28)21-23-11-5-2-6-12-23/h2-20H,21H2,1H3. The highest BCUT2D eigenvalue weighted by molar-refractivity contribution is 8.33. The van der Waals surface area contributed by atoms with E-state index < -0.39 is 20.4 Å². The molecule has 0 N–H and O–H groups in total. The van der Waals surface area contributed by atoms with E-state index in [-0.39, 0.29) is 5.75 Å². The summed E-state index contributed by atoms with van der Waals surface area (Å²) in [5.41, 5.74) is 1.80. The molecule has 5 heteroatoms. The van der Waals surface area contributed by atoms with Crippen molar-refractivity contribution < 1.29 is 12.0 Å². The van der Waals surface area contributed by atoms with E-state index >= 15 is 0 Å². The molecule has 0 unspecified atom stereocenters. The zero-order valence-electron chi connectivity index (χ0n) is 17.2. The van der Waals surface area contributed by atoms with Crippen molar-refractivity contribution in [3.8, 4) is 0 Å². The van der Waals surface area contributed by atoms with Crippen LogP contribution in [0.2, 0.25) is 0 Å². The van der Waals surface area contributed by atoms with Gasteiger partial charge in [0.15, 0.2) is 0 Å². The van der Waals surface area contributed by atoms with Crippen LogP contribution in [0.5, 0.6) is 0 Å². The molecule has 4 aromatic carbocycles. The quantitative estimate of drug-likeness (QED) is 0.314. The molecule has 0 fully saturated rings. The SMILES string of the molecule is Cc1ccc(S(OS(=O)(=O)Cc2ccccc2)(c2ccccc2)c2ccccc2)cc1.